The lowest BCUT2D eigenvalue weighted by Crippen LogP contribution is -2.32. The summed E-state index contributed by atoms with van der Waals surface area (Å²) in [5, 5.41) is 3.12. The number of rotatable bonds is 22. The van der Waals surface area contributed by atoms with Gasteiger partial charge in [-0.2, -0.15) is 0 Å². The number of esters is 1. The third-order valence-corrected chi connectivity index (χ3v) is 7.96. The lowest BCUT2D eigenvalue weighted by atomic mass is 9.80. The quantitative estimate of drug-likeness (QED) is 0.111. The molecule has 1 fully saturated rings. The molecule has 38 heavy (non-hydrogen) atoms. The maximum atomic E-state index is 12.1. The zero-order valence-corrected chi connectivity index (χ0v) is 25.6. The summed E-state index contributed by atoms with van der Waals surface area (Å²) in [7, 11) is 0. The van der Waals surface area contributed by atoms with Crippen LogP contribution in [-0.4, -0.2) is 29.8 Å². The van der Waals surface area contributed by atoms with Crippen molar-refractivity contribution in [2.24, 2.45) is 11.8 Å². The van der Waals surface area contributed by atoms with Gasteiger partial charge in [-0.15, -0.1) is 0 Å². The number of ketones is 1. The van der Waals surface area contributed by atoms with Crippen molar-refractivity contribution in [1.82, 2.24) is 5.32 Å². The molecule has 5 heteroatoms. The van der Waals surface area contributed by atoms with E-state index in [9.17, 15) is 14.4 Å². The molecular formula is C33H61NO4. The maximum absolute atomic E-state index is 12.1. The minimum atomic E-state index is -0.364. The normalized spacial score (nSPS) is 17.8. The van der Waals surface area contributed by atoms with Crippen LogP contribution < -0.4 is 5.32 Å². The van der Waals surface area contributed by atoms with E-state index in [1.807, 2.05) is 20.8 Å². The molecule has 1 aliphatic carbocycles. The molecule has 0 aromatic rings. The van der Waals surface area contributed by atoms with Crippen LogP contribution in [0.4, 0.5) is 0 Å². The summed E-state index contributed by atoms with van der Waals surface area (Å²) in [5.74, 6) is 1.30. The van der Waals surface area contributed by atoms with Gasteiger partial charge < -0.3 is 10.1 Å². The second-order valence-corrected chi connectivity index (χ2v) is 12.9. The summed E-state index contributed by atoms with van der Waals surface area (Å²) >= 11 is 0. The van der Waals surface area contributed by atoms with Crippen LogP contribution in [-0.2, 0) is 19.1 Å². The summed E-state index contributed by atoms with van der Waals surface area (Å²) in [6.45, 7) is 8.26. The Kier molecular flexibility index (Phi) is 19.5. The van der Waals surface area contributed by atoms with Crippen LogP contribution in [0.5, 0.6) is 0 Å². The van der Waals surface area contributed by atoms with Crippen LogP contribution in [0.1, 0.15) is 169 Å². The van der Waals surface area contributed by atoms with Crippen molar-refractivity contribution in [3.63, 3.8) is 0 Å². The van der Waals surface area contributed by atoms with Crippen molar-refractivity contribution in [2.75, 3.05) is 6.54 Å². The smallest absolute Gasteiger partial charge is 0.306 e. The fourth-order valence-electron chi connectivity index (χ4n) is 5.54. The molecule has 0 heterocycles. The van der Waals surface area contributed by atoms with Crippen LogP contribution in [0.2, 0.25) is 0 Å². The Morgan fingerprint density at radius 1 is 0.632 bits per heavy atom. The van der Waals surface area contributed by atoms with E-state index < -0.39 is 0 Å². The van der Waals surface area contributed by atoms with Gasteiger partial charge in [0.15, 0.2) is 0 Å². The highest BCUT2D eigenvalue weighted by atomic mass is 16.6. The number of hydrogen-bond donors (Lipinski definition) is 1. The molecule has 0 atom stereocenters. The molecule has 0 aliphatic heterocycles. The first-order chi connectivity index (χ1) is 18.2. The number of Topliss-reactive ketones (excluding diaryl/α,β-unsaturated/α-hetero) is 1. The molecule has 1 amide bonds. The van der Waals surface area contributed by atoms with Gasteiger partial charge in [0.05, 0.1) is 0 Å². The number of amides is 1. The van der Waals surface area contributed by atoms with E-state index in [1.54, 1.807) is 6.92 Å². The zero-order chi connectivity index (χ0) is 28.1. The van der Waals surface area contributed by atoms with Gasteiger partial charge in [0.1, 0.15) is 11.4 Å². The van der Waals surface area contributed by atoms with Gasteiger partial charge in [-0.3, -0.25) is 14.4 Å². The summed E-state index contributed by atoms with van der Waals surface area (Å²) in [4.78, 5) is 35.2. The molecule has 0 spiro atoms. The first-order valence-corrected chi connectivity index (χ1v) is 16.2. The summed E-state index contributed by atoms with van der Waals surface area (Å²) in [6.07, 6.45) is 25.5. The predicted octanol–water partition coefficient (Wildman–Crippen LogP) is 8.86. The molecule has 1 saturated carbocycles. The van der Waals surface area contributed by atoms with Crippen LogP contribution >= 0.6 is 0 Å². The van der Waals surface area contributed by atoms with E-state index in [0.29, 0.717) is 24.5 Å². The van der Waals surface area contributed by atoms with Crippen LogP contribution in [0.3, 0.4) is 0 Å². The van der Waals surface area contributed by atoms with E-state index in [1.165, 1.54) is 77.0 Å². The SMILES string of the molecule is CC(=O)C1CCC(CNC(=O)CCCCCCCCCCCCCCCCCCC(=O)OC(C)(C)C)CC1. The largest absolute Gasteiger partial charge is 0.460 e. The van der Waals surface area contributed by atoms with Crippen molar-refractivity contribution in [2.45, 2.75) is 175 Å². The van der Waals surface area contributed by atoms with Crippen molar-refractivity contribution in [3.05, 3.63) is 0 Å². The second kappa shape index (κ2) is 21.4. The topological polar surface area (TPSA) is 72.5 Å². The lowest BCUT2D eigenvalue weighted by Gasteiger charge is -2.27. The monoisotopic (exact) mass is 535 g/mol. The molecule has 0 bridgehead atoms. The Morgan fingerprint density at radius 2 is 1.03 bits per heavy atom. The summed E-state index contributed by atoms with van der Waals surface area (Å²) in [5.41, 5.74) is -0.364. The average molecular weight is 536 g/mol. The minimum Gasteiger partial charge on any atom is -0.460 e. The van der Waals surface area contributed by atoms with Crippen molar-refractivity contribution >= 4 is 17.7 Å². The first kappa shape index (κ1) is 34.6. The Morgan fingerprint density at radius 3 is 1.42 bits per heavy atom. The fraction of sp³-hybridized carbons (Fsp3) is 0.909. The second-order valence-electron chi connectivity index (χ2n) is 12.9. The predicted molar refractivity (Wildman–Crippen MR) is 158 cm³/mol. The van der Waals surface area contributed by atoms with Crippen LogP contribution in [0.15, 0.2) is 0 Å². The van der Waals surface area contributed by atoms with Gasteiger partial charge >= 0.3 is 5.97 Å². The van der Waals surface area contributed by atoms with Gasteiger partial charge in [0, 0.05) is 25.3 Å². The van der Waals surface area contributed by atoms with E-state index in [4.69, 9.17) is 4.74 Å². The Balaban J connectivity index is 1.76. The first-order valence-electron chi connectivity index (χ1n) is 16.2. The van der Waals surface area contributed by atoms with Crippen molar-refractivity contribution in [1.29, 1.82) is 0 Å². The number of carbonyl (C=O) groups is 3. The van der Waals surface area contributed by atoms with Crippen LogP contribution in [0.25, 0.3) is 0 Å². The fourth-order valence-corrected chi connectivity index (χ4v) is 5.54. The Hall–Kier alpha value is -1.39. The number of hydrogen-bond acceptors (Lipinski definition) is 4. The van der Waals surface area contributed by atoms with E-state index in [2.05, 4.69) is 5.32 Å². The molecule has 1 aliphatic rings. The van der Waals surface area contributed by atoms with E-state index in [0.717, 1.165) is 57.9 Å². The molecule has 0 saturated heterocycles. The number of carbonyl (C=O) groups excluding carboxylic acids is 3. The molecule has 222 valence electrons. The minimum absolute atomic E-state index is 0.0609. The number of ether oxygens (including phenoxy) is 1. The maximum Gasteiger partial charge on any atom is 0.306 e. The van der Waals surface area contributed by atoms with Gasteiger partial charge in [-0.1, -0.05) is 89.9 Å². The van der Waals surface area contributed by atoms with Crippen molar-refractivity contribution < 1.29 is 19.1 Å². The molecule has 0 unspecified atom stereocenters. The third kappa shape index (κ3) is 20.6. The summed E-state index contributed by atoms with van der Waals surface area (Å²) in [6, 6.07) is 0. The zero-order valence-electron chi connectivity index (χ0n) is 25.6. The molecule has 1 N–H and O–H groups in total. The van der Waals surface area contributed by atoms with Gasteiger partial charge in [-0.25, -0.2) is 0 Å². The highest BCUT2D eigenvalue weighted by Crippen LogP contribution is 2.28. The van der Waals surface area contributed by atoms with Crippen LogP contribution in [0, 0.1) is 11.8 Å². The Labute approximate surface area is 235 Å². The Bertz CT molecular complexity index is 631. The molecule has 1 rings (SSSR count). The van der Waals surface area contributed by atoms with Gasteiger partial charge in [0.2, 0.25) is 5.91 Å². The highest BCUT2D eigenvalue weighted by molar-refractivity contribution is 5.78. The molecule has 5 nitrogen and oxygen atoms in total. The molecule has 0 aromatic heterocycles. The third-order valence-electron chi connectivity index (χ3n) is 7.96. The van der Waals surface area contributed by atoms with E-state index >= 15 is 0 Å². The van der Waals surface area contributed by atoms with Gasteiger partial charge in [-0.05, 0) is 72.1 Å². The lowest BCUT2D eigenvalue weighted by molar-refractivity contribution is -0.155. The summed E-state index contributed by atoms with van der Waals surface area (Å²) < 4.78 is 5.35. The van der Waals surface area contributed by atoms with E-state index in [-0.39, 0.29) is 23.4 Å². The standard InChI is InChI=1S/C33H61NO4/c1-28(35)30-25-23-29(24-26-30)27-34-31(36)21-19-17-15-13-11-9-7-5-6-8-10-12-14-16-18-20-22-32(37)38-33(2,3)4/h29-30H,5-27H2,1-4H3,(H,34,36). The highest BCUT2D eigenvalue weighted by Gasteiger charge is 2.24. The molecule has 0 aromatic carbocycles. The average Bonchev–Trinajstić information content (AvgIpc) is 2.86. The van der Waals surface area contributed by atoms with Gasteiger partial charge in [0.25, 0.3) is 0 Å². The molecule has 0 radical (unpaired) electrons. The van der Waals surface area contributed by atoms with Crippen molar-refractivity contribution in [3.8, 4) is 0 Å². The number of unbranched alkanes of at least 4 members (excludes halogenated alkanes) is 15. The molecular weight excluding hydrogens is 474 g/mol. The number of nitrogens with one attached hydrogen (secondary N) is 1.